The maximum atomic E-state index is 12.7. The van der Waals surface area contributed by atoms with E-state index in [0.29, 0.717) is 17.3 Å². The number of nitrogens with one attached hydrogen (secondary N) is 1. The summed E-state index contributed by atoms with van der Waals surface area (Å²) in [6.45, 7) is 2.67. The number of amides is 2. The van der Waals surface area contributed by atoms with Crippen LogP contribution in [0.5, 0.6) is 0 Å². The van der Waals surface area contributed by atoms with Crippen LogP contribution in [0.1, 0.15) is 24.3 Å². The average Bonchev–Trinajstić information content (AvgIpc) is 3.34. The molecule has 0 aromatic carbocycles. The van der Waals surface area contributed by atoms with E-state index in [4.69, 9.17) is 0 Å². The number of sulfonamides is 1. The Balaban J connectivity index is 1.60. The Morgan fingerprint density at radius 2 is 1.78 bits per heavy atom. The number of hydrogen-bond donors (Lipinski definition) is 1. The van der Waals surface area contributed by atoms with E-state index >= 15 is 0 Å². The number of carbonyl (C=O) groups excluding carboxylic acids is 2. The van der Waals surface area contributed by atoms with Gasteiger partial charge in [-0.3, -0.25) is 9.59 Å². The van der Waals surface area contributed by atoms with Crippen LogP contribution in [0.15, 0.2) is 39.2 Å². The lowest BCUT2D eigenvalue weighted by atomic mass is 10.1. The highest BCUT2D eigenvalue weighted by Crippen LogP contribution is 2.25. The van der Waals surface area contributed by atoms with E-state index in [1.807, 2.05) is 17.5 Å². The van der Waals surface area contributed by atoms with Gasteiger partial charge in [0.2, 0.25) is 11.8 Å². The second kappa shape index (κ2) is 8.51. The molecule has 1 saturated heterocycles. The van der Waals surface area contributed by atoms with Crippen LogP contribution >= 0.6 is 22.7 Å². The number of rotatable bonds is 6. The normalized spacial score (nSPS) is 16.9. The molecule has 2 aromatic rings. The maximum absolute atomic E-state index is 12.7. The standard InChI is InChI=1S/C17H21N3O4S3/c1-13(21)18-14(15-4-2-10-25-15)12-16(22)19-6-8-20(9-7-19)27(23,24)17-5-3-11-26-17/h2-5,10-11,14H,6-9,12H2,1H3,(H,18,21). The molecule has 0 bridgehead atoms. The van der Waals surface area contributed by atoms with Gasteiger partial charge in [-0.05, 0) is 22.9 Å². The van der Waals surface area contributed by atoms with E-state index in [1.54, 1.807) is 22.4 Å². The molecule has 1 fully saturated rings. The summed E-state index contributed by atoms with van der Waals surface area (Å²) < 4.78 is 26.9. The van der Waals surface area contributed by atoms with Crippen molar-refractivity contribution in [3.8, 4) is 0 Å². The number of thiophene rings is 2. The van der Waals surface area contributed by atoms with E-state index in [0.717, 1.165) is 4.88 Å². The second-order valence-corrected chi connectivity index (χ2v) is 10.3. The van der Waals surface area contributed by atoms with Crippen molar-refractivity contribution >= 4 is 44.5 Å². The van der Waals surface area contributed by atoms with Gasteiger partial charge in [-0.1, -0.05) is 12.1 Å². The van der Waals surface area contributed by atoms with E-state index in [9.17, 15) is 18.0 Å². The highest BCUT2D eigenvalue weighted by atomic mass is 32.2. The van der Waals surface area contributed by atoms with Crippen LogP contribution in [0, 0.1) is 0 Å². The highest BCUT2D eigenvalue weighted by Gasteiger charge is 2.31. The predicted molar refractivity (Wildman–Crippen MR) is 105 cm³/mol. The van der Waals surface area contributed by atoms with E-state index in [1.165, 1.54) is 33.9 Å². The number of carbonyl (C=O) groups is 2. The summed E-state index contributed by atoms with van der Waals surface area (Å²) in [6, 6.07) is 6.72. The van der Waals surface area contributed by atoms with Gasteiger partial charge in [-0.2, -0.15) is 4.31 Å². The molecule has 0 radical (unpaired) electrons. The Hall–Kier alpha value is -1.75. The molecular formula is C17H21N3O4S3. The molecule has 1 atom stereocenters. The summed E-state index contributed by atoms with van der Waals surface area (Å²) in [4.78, 5) is 26.8. The van der Waals surface area contributed by atoms with Crippen molar-refractivity contribution < 1.29 is 18.0 Å². The first-order chi connectivity index (χ1) is 12.9. The average molecular weight is 428 g/mol. The smallest absolute Gasteiger partial charge is 0.252 e. The molecule has 3 rings (SSSR count). The summed E-state index contributed by atoms with van der Waals surface area (Å²) >= 11 is 2.69. The van der Waals surface area contributed by atoms with E-state index in [2.05, 4.69) is 5.32 Å². The van der Waals surface area contributed by atoms with Gasteiger partial charge in [0, 0.05) is 38.0 Å². The largest absolute Gasteiger partial charge is 0.348 e. The molecule has 1 unspecified atom stereocenters. The Morgan fingerprint density at radius 1 is 1.11 bits per heavy atom. The molecule has 0 spiro atoms. The fourth-order valence-electron chi connectivity index (χ4n) is 2.98. The second-order valence-electron chi connectivity index (χ2n) is 6.19. The first-order valence-corrected chi connectivity index (χ1v) is 11.7. The molecule has 2 aromatic heterocycles. The van der Waals surface area contributed by atoms with Gasteiger partial charge >= 0.3 is 0 Å². The molecule has 0 saturated carbocycles. The molecule has 2 amide bonds. The van der Waals surface area contributed by atoms with E-state index < -0.39 is 10.0 Å². The van der Waals surface area contributed by atoms with Crippen molar-refractivity contribution in [2.24, 2.45) is 0 Å². The van der Waals surface area contributed by atoms with Crippen LogP contribution in [0.2, 0.25) is 0 Å². The Labute approximate surface area is 166 Å². The number of hydrogen-bond acceptors (Lipinski definition) is 6. The third-order valence-corrected chi connectivity index (χ3v) is 8.58. The first-order valence-electron chi connectivity index (χ1n) is 8.50. The minimum Gasteiger partial charge on any atom is -0.348 e. The first kappa shape index (κ1) is 20.0. The van der Waals surface area contributed by atoms with Crippen molar-refractivity contribution in [3.63, 3.8) is 0 Å². The lowest BCUT2D eigenvalue weighted by molar-refractivity contribution is -0.133. The zero-order valence-corrected chi connectivity index (χ0v) is 17.3. The highest BCUT2D eigenvalue weighted by molar-refractivity contribution is 7.91. The molecular weight excluding hydrogens is 406 g/mol. The summed E-state index contributed by atoms with van der Waals surface area (Å²) in [6.07, 6.45) is 0.164. The van der Waals surface area contributed by atoms with Crippen molar-refractivity contribution in [2.75, 3.05) is 26.2 Å². The molecule has 0 aliphatic carbocycles. The van der Waals surface area contributed by atoms with Crippen LogP contribution in [-0.2, 0) is 19.6 Å². The lowest BCUT2D eigenvalue weighted by Gasteiger charge is -2.34. The minimum absolute atomic E-state index is 0.0877. The summed E-state index contributed by atoms with van der Waals surface area (Å²) in [5.41, 5.74) is 0. The molecule has 27 heavy (non-hydrogen) atoms. The van der Waals surface area contributed by atoms with Crippen LogP contribution in [0.25, 0.3) is 0 Å². The number of nitrogens with zero attached hydrogens (tertiary/aromatic N) is 2. The Kier molecular flexibility index (Phi) is 6.30. The fraction of sp³-hybridized carbons (Fsp3) is 0.412. The minimum atomic E-state index is -3.48. The third kappa shape index (κ3) is 4.75. The summed E-state index contributed by atoms with van der Waals surface area (Å²) in [5.74, 6) is -0.275. The van der Waals surface area contributed by atoms with Crippen LogP contribution in [0.3, 0.4) is 0 Å². The molecule has 1 N–H and O–H groups in total. The van der Waals surface area contributed by atoms with Crippen molar-refractivity contribution in [3.05, 3.63) is 39.9 Å². The molecule has 7 nitrogen and oxygen atoms in total. The lowest BCUT2D eigenvalue weighted by Crippen LogP contribution is -2.50. The van der Waals surface area contributed by atoms with E-state index in [-0.39, 0.29) is 37.4 Å². The van der Waals surface area contributed by atoms with Gasteiger partial charge in [0.05, 0.1) is 12.5 Å². The topological polar surface area (TPSA) is 86.8 Å². The fourth-order valence-corrected chi connectivity index (χ4v) is 6.32. The SMILES string of the molecule is CC(=O)NC(CC(=O)N1CCN(S(=O)(=O)c2cccs2)CC1)c1cccs1. The Bertz CT molecular complexity index is 871. The van der Waals surface area contributed by atoms with Crippen molar-refractivity contribution in [1.29, 1.82) is 0 Å². The quantitative estimate of drug-likeness (QED) is 0.763. The van der Waals surface area contributed by atoms with Crippen LogP contribution in [0.4, 0.5) is 0 Å². The van der Waals surface area contributed by atoms with Crippen molar-refractivity contribution in [2.45, 2.75) is 23.6 Å². The maximum Gasteiger partial charge on any atom is 0.252 e. The van der Waals surface area contributed by atoms with Gasteiger partial charge in [-0.25, -0.2) is 8.42 Å². The monoisotopic (exact) mass is 427 g/mol. The molecule has 10 heteroatoms. The summed E-state index contributed by atoms with van der Waals surface area (Å²) in [7, 11) is -3.48. The molecule has 146 valence electrons. The zero-order valence-electron chi connectivity index (χ0n) is 14.8. The predicted octanol–water partition coefficient (Wildman–Crippen LogP) is 1.91. The third-order valence-electron chi connectivity index (χ3n) is 4.32. The molecule has 1 aliphatic heterocycles. The summed E-state index contributed by atoms with van der Waals surface area (Å²) in [5, 5.41) is 6.46. The van der Waals surface area contributed by atoms with Gasteiger partial charge in [0.25, 0.3) is 10.0 Å². The molecule has 1 aliphatic rings. The van der Waals surface area contributed by atoms with Crippen molar-refractivity contribution in [1.82, 2.24) is 14.5 Å². The van der Waals surface area contributed by atoms with Gasteiger partial charge < -0.3 is 10.2 Å². The zero-order chi connectivity index (χ0) is 19.4. The van der Waals surface area contributed by atoms with Crippen LogP contribution in [-0.4, -0.2) is 55.6 Å². The number of piperazine rings is 1. The van der Waals surface area contributed by atoms with Crippen LogP contribution < -0.4 is 5.32 Å². The van der Waals surface area contributed by atoms with Gasteiger partial charge in [0.15, 0.2) is 0 Å². The Morgan fingerprint density at radius 3 is 2.33 bits per heavy atom. The van der Waals surface area contributed by atoms with Gasteiger partial charge in [-0.15, -0.1) is 22.7 Å². The molecule has 3 heterocycles. The van der Waals surface area contributed by atoms with Gasteiger partial charge in [0.1, 0.15) is 4.21 Å².